The Morgan fingerprint density at radius 2 is 2.06 bits per heavy atom. The first-order valence-electron chi connectivity index (χ1n) is 6.60. The maximum absolute atomic E-state index is 12.2. The van der Waals surface area contributed by atoms with Gasteiger partial charge in [0.15, 0.2) is 0 Å². The molecule has 98 valence electrons. The van der Waals surface area contributed by atoms with Crippen molar-refractivity contribution in [2.75, 3.05) is 12.3 Å². The van der Waals surface area contributed by atoms with E-state index in [0.29, 0.717) is 12.1 Å². The van der Waals surface area contributed by atoms with Gasteiger partial charge in [-0.2, -0.15) is 0 Å². The van der Waals surface area contributed by atoms with Crippen molar-refractivity contribution in [2.24, 2.45) is 0 Å². The second-order valence-corrected chi connectivity index (χ2v) is 6.66. The minimum atomic E-state index is -1.02. The van der Waals surface area contributed by atoms with E-state index in [1.54, 1.807) is 0 Å². The molecule has 3 unspecified atom stereocenters. The molecule has 0 aromatic carbocycles. The number of carbonyl (C=O) groups excluding carboxylic acids is 1. The van der Waals surface area contributed by atoms with Gasteiger partial charge in [-0.05, 0) is 32.2 Å². The highest BCUT2D eigenvalue weighted by molar-refractivity contribution is 7.86. The summed E-state index contributed by atoms with van der Waals surface area (Å²) in [6.45, 7) is 2.98. The van der Waals surface area contributed by atoms with Gasteiger partial charge in [-0.1, -0.05) is 13.3 Å². The molecule has 2 saturated carbocycles. The summed E-state index contributed by atoms with van der Waals surface area (Å²) in [5.74, 6) is 0.149. The third kappa shape index (κ3) is 3.78. The Labute approximate surface area is 105 Å². The number of nitrogens with one attached hydrogen (secondary N) is 2. The summed E-state index contributed by atoms with van der Waals surface area (Å²) < 4.78 is 12.2. The molecule has 5 heteroatoms. The minimum absolute atomic E-state index is 0.0343. The van der Waals surface area contributed by atoms with Crippen molar-refractivity contribution in [1.29, 1.82) is 0 Å². The molecule has 0 aromatic rings. The number of hydrogen-bond donors (Lipinski definition) is 2. The molecular weight excluding hydrogens is 236 g/mol. The van der Waals surface area contributed by atoms with Gasteiger partial charge in [0.2, 0.25) is 5.91 Å². The summed E-state index contributed by atoms with van der Waals surface area (Å²) in [6, 6.07) is 0.710. The van der Waals surface area contributed by atoms with Gasteiger partial charge in [-0.3, -0.25) is 9.00 Å². The van der Waals surface area contributed by atoms with E-state index >= 15 is 0 Å². The van der Waals surface area contributed by atoms with Crippen molar-refractivity contribution < 1.29 is 9.00 Å². The monoisotopic (exact) mass is 258 g/mol. The van der Waals surface area contributed by atoms with Crippen molar-refractivity contribution in [1.82, 2.24) is 10.6 Å². The van der Waals surface area contributed by atoms with Crippen LogP contribution in [0.5, 0.6) is 0 Å². The van der Waals surface area contributed by atoms with Crippen molar-refractivity contribution in [3.63, 3.8) is 0 Å². The third-order valence-electron chi connectivity index (χ3n) is 3.47. The topological polar surface area (TPSA) is 58.2 Å². The Balaban J connectivity index is 1.79. The maximum atomic E-state index is 12.2. The smallest absolute Gasteiger partial charge is 0.232 e. The average molecular weight is 258 g/mol. The van der Waals surface area contributed by atoms with Crippen LogP contribution in [-0.4, -0.2) is 39.7 Å². The lowest BCUT2D eigenvalue weighted by molar-refractivity contribution is -0.118. The summed E-state index contributed by atoms with van der Waals surface area (Å²) in [4.78, 5) is 11.6. The van der Waals surface area contributed by atoms with Crippen LogP contribution in [0.4, 0.5) is 0 Å². The summed E-state index contributed by atoms with van der Waals surface area (Å²) in [5, 5.41) is 6.45. The molecule has 2 N–H and O–H groups in total. The number of rotatable bonds is 6. The van der Waals surface area contributed by atoms with Crippen LogP contribution in [0.1, 0.15) is 39.0 Å². The van der Waals surface area contributed by atoms with Crippen molar-refractivity contribution >= 4 is 16.7 Å². The standard InChI is InChI=1S/C12H22N2O2S/c1-2-13-10-4-3-5-11(10)17(16)8-12(15)14-9-6-7-9/h9-11,13H,2-8H2,1H3,(H,14,15). The minimum Gasteiger partial charge on any atom is -0.353 e. The molecular formula is C12H22N2O2S. The van der Waals surface area contributed by atoms with Gasteiger partial charge >= 0.3 is 0 Å². The predicted octanol–water partition coefficient (Wildman–Crippen LogP) is 0.544. The first-order valence-corrected chi connectivity index (χ1v) is 7.99. The molecule has 2 rings (SSSR count). The summed E-state index contributed by atoms with van der Waals surface area (Å²) in [5.41, 5.74) is 0. The fourth-order valence-electron chi connectivity index (χ4n) is 2.47. The van der Waals surface area contributed by atoms with E-state index in [0.717, 1.165) is 38.6 Å². The highest BCUT2D eigenvalue weighted by atomic mass is 32.2. The first kappa shape index (κ1) is 13.0. The molecule has 0 bridgehead atoms. The molecule has 0 radical (unpaired) electrons. The molecule has 0 heterocycles. The lowest BCUT2D eigenvalue weighted by atomic mass is 10.2. The Morgan fingerprint density at radius 1 is 1.29 bits per heavy atom. The quantitative estimate of drug-likeness (QED) is 0.731. The van der Waals surface area contributed by atoms with Crippen molar-refractivity contribution in [3.05, 3.63) is 0 Å². The third-order valence-corrected chi connectivity index (χ3v) is 5.26. The average Bonchev–Trinajstić information content (AvgIpc) is 2.95. The van der Waals surface area contributed by atoms with E-state index in [4.69, 9.17) is 0 Å². The van der Waals surface area contributed by atoms with Crippen LogP contribution in [0.15, 0.2) is 0 Å². The first-order chi connectivity index (χ1) is 8.20. The second-order valence-electron chi connectivity index (χ2n) is 5.00. The Morgan fingerprint density at radius 3 is 2.71 bits per heavy atom. The molecule has 17 heavy (non-hydrogen) atoms. The SMILES string of the molecule is CCNC1CCCC1S(=O)CC(=O)NC1CC1. The van der Waals surface area contributed by atoms with Crippen molar-refractivity contribution in [3.8, 4) is 0 Å². The molecule has 2 aliphatic carbocycles. The summed E-state index contributed by atoms with van der Waals surface area (Å²) in [7, 11) is -1.02. The van der Waals surface area contributed by atoms with E-state index < -0.39 is 10.8 Å². The molecule has 2 aliphatic rings. The molecule has 3 atom stereocenters. The van der Waals surface area contributed by atoms with Gasteiger partial charge in [-0.25, -0.2) is 0 Å². The van der Waals surface area contributed by atoms with Crippen LogP contribution in [0.3, 0.4) is 0 Å². The van der Waals surface area contributed by atoms with Crippen molar-refractivity contribution in [2.45, 2.75) is 56.4 Å². The molecule has 0 spiro atoms. The van der Waals surface area contributed by atoms with Crippen LogP contribution >= 0.6 is 0 Å². The molecule has 0 saturated heterocycles. The summed E-state index contributed by atoms with van der Waals surface area (Å²) >= 11 is 0. The van der Waals surface area contributed by atoms with Gasteiger partial charge in [0.25, 0.3) is 0 Å². The molecule has 4 nitrogen and oxygen atoms in total. The van der Waals surface area contributed by atoms with Gasteiger partial charge in [0, 0.05) is 22.9 Å². The molecule has 1 amide bonds. The highest BCUT2D eigenvalue weighted by Gasteiger charge is 2.33. The van der Waals surface area contributed by atoms with Gasteiger partial charge in [0.1, 0.15) is 5.75 Å². The zero-order chi connectivity index (χ0) is 12.3. The largest absolute Gasteiger partial charge is 0.353 e. The van der Waals surface area contributed by atoms with Crippen LogP contribution in [-0.2, 0) is 15.6 Å². The fourth-order valence-corrected chi connectivity index (χ4v) is 4.05. The van der Waals surface area contributed by atoms with E-state index in [9.17, 15) is 9.00 Å². The lowest BCUT2D eigenvalue weighted by Crippen LogP contribution is -2.41. The van der Waals surface area contributed by atoms with Gasteiger partial charge in [0.05, 0.1) is 5.25 Å². The van der Waals surface area contributed by atoms with Crippen LogP contribution in [0.2, 0.25) is 0 Å². The van der Waals surface area contributed by atoms with E-state index in [1.165, 1.54) is 0 Å². The normalized spacial score (nSPS) is 30.2. The van der Waals surface area contributed by atoms with E-state index in [2.05, 4.69) is 17.6 Å². The zero-order valence-electron chi connectivity index (χ0n) is 10.4. The number of amides is 1. The Kier molecular flexibility index (Phi) is 4.56. The van der Waals surface area contributed by atoms with Gasteiger partial charge < -0.3 is 10.6 Å². The fraction of sp³-hybridized carbons (Fsp3) is 0.917. The van der Waals surface area contributed by atoms with Crippen LogP contribution in [0, 0.1) is 0 Å². The van der Waals surface area contributed by atoms with E-state index in [-0.39, 0.29) is 16.9 Å². The molecule has 0 aromatic heterocycles. The summed E-state index contributed by atoms with van der Waals surface area (Å²) in [6.07, 6.45) is 5.37. The Hall–Kier alpha value is -0.420. The second kappa shape index (κ2) is 5.96. The predicted molar refractivity (Wildman–Crippen MR) is 69.3 cm³/mol. The Bertz CT molecular complexity index is 305. The van der Waals surface area contributed by atoms with E-state index in [1.807, 2.05) is 0 Å². The van der Waals surface area contributed by atoms with Crippen LogP contribution < -0.4 is 10.6 Å². The molecule has 0 aliphatic heterocycles. The lowest BCUT2D eigenvalue weighted by Gasteiger charge is -2.19. The number of hydrogen-bond acceptors (Lipinski definition) is 3. The zero-order valence-corrected chi connectivity index (χ0v) is 11.2. The highest BCUT2D eigenvalue weighted by Crippen LogP contribution is 2.24. The maximum Gasteiger partial charge on any atom is 0.232 e. The molecule has 2 fully saturated rings. The van der Waals surface area contributed by atoms with Gasteiger partial charge in [-0.15, -0.1) is 0 Å². The van der Waals surface area contributed by atoms with Crippen LogP contribution in [0.25, 0.3) is 0 Å². The number of carbonyl (C=O) groups is 1.